The minimum atomic E-state index is 0.0158. The van der Waals surface area contributed by atoms with Crippen LogP contribution < -0.4 is 11.1 Å². The molecule has 0 aliphatic carbocycles. The number of carbonyl (C=O) groups excluding carboxylic acids is 1. The Morgan fingerprint density at radius 3 is 2.56 bits per heavy atom. The van der Waals surface area contributed by atoms with Crippen LogP contribution in [-0.4, -0.2) is 43.0 Å². The van der Waals surface area contributed by atoms with Crippen LogP contribution in [0.5, 0.6) is 0 Å². The first kappa shape index (κ1) is 17.4. The lowest BCUT2D eigenvalue weighted by Gasteiger charge is -2.20. The number of nitrogens with one attached hydrogen (secondary N) is 1. The van der Waals surface area contributed by atoms with Gasteiger partial charge in [-0.15, -0.1) is 0 Å². The molecule has 0 bridgehead atoms. The van der Waals surface area contributed by atoms with Crippen molar-refractivity contribution in [2.45, 2.75) is 65.0 Å². The van der Waals surface area contributed by atoms with E-state index in [-0.39, 0.29) is 11.9 Å². The molecule has 1 atom stereocenters. The third-order valence-corrected chi connectivity index (χ3v) is 3.25. The van der Waals surface area contributed by atoms with Crippen molar-refractivity contribution in [2.24, 2.45) is 5.73 Å². The van der Waals surface area contributed by atoms with Gasteiger partial charge in [0.25, 0.3) is 0 Å². The molecule has 0 heterocycles. The first-order chi connectivity index (χ1) is 8.47. The van der Waals surface area contributed by atoms with Gasteiger partial charge in [-0.3, -0.25) is 4.79 Å². The lowest BCUT2D eigenvalue weighted by Crippen LogP contribution is -2.32. The molecule has 0 saturated heterocycles. The summed E-state index contributed by atoms with van der Waals surface area (Å²) in [6.07, 6.45) is 4.57. The second kappa shape index (κ2) is 10.3. The van der Waals surface area contributed by atoms with Crippen LogP contribution in [0.25, 0.3) is 0 Å². The lowest BCUT2D eigenvalue weighted by molar-refractivity contribution is -0.121. The third-order valence-electron chi connectivity index (χ3n) is 3.25. The van der Waals surface area contributed by atoms with Crippen LogP contribution >= 0.6 is 0 Å². The maximum absolute atomic E-state index is 11.5. The first-order valence-corrected chi connectivity index (χ1v) is 7.19. The summed E-state index contributed by atoms with van der Waals surface area (Å²) >= 11 is 0. The number of carbonyl (C=O) groups is 1. The summed E-state index contributed by atoms with van der Waals surface area (Å²) in [7, 11) is 2.13. The number of hydrogen-bond acceptors (Lipinski definition) is 3. The van der Waals surface area contributed by atoms with Crippen molar-refractivity contribution in [3.63, 3.8) is 0 Å². The minimum Gasteiger partial charge on any atom is -0.356 e. The van der Waals surface area contributed by atoms with Crippen molar-refractivity contribution in [3.8, 4) is 0 Å². The van der Waals surface area contributed by atoms with Crippen LogP contribution in [0.4, 0.5) is 0 Å². The third kappa shape index (κ3) is 9.42. The largest absolute Gasteiger partial charge is 0.356 e. The Hall–Kier alpha value is -0.610. The highest BCUT2D eigenvalue weighted by Crippen LogP contribution is 1.99. The lowest BCUT2D eigenvalue weighted by atomic mass is 10.1. The molecule has 1 unspecified atom stereocenters. The molecule has 0 fully saturated rings. The predicted octanol–water partition coefficient (Wildman–Crippen LogP) is 1.74. The zero-order valence-electron chi connectivity index (χ0n) is 12.5. The van der Waals surface area contributed by atoms with Crippen LogP contribution in [0.15, 0.2) is 0 Å². The maximum atomic E-state index is 11.5. The van der Waals surface area contributed by atoms with E-state index in [9.17, 15) is 4.79 Å². The average molecular weight is 257 g/mol. The van der Waals surface area contributed by atoms with Crippen LogP contribution in [-0.2, 0) is 4.79 Å². The fourth-order valence-electron chi connectivity index (χ4n) is 1.76. The summed E-state index contributed by atoms with van der Waals surface area (Å²) in [5.74, 6) is 0.0909. The van der Waals surface area contributed by atoms with E-state index >= 15 is 0 Å². The molecule has 0 rings (SSSR count). The van der Waals surface area contributed by atoms with E-state index in [0.29, 0.717) is 12.5 Å². The molecule has 0 spiro atoms. The highest BCUT2D eigenvalue weighted by molar-refractivity contribution is 5.76. The van der Waals surface area contributed by atoms with Gasteiger partial charge in [-0.1, -0.05) is 13.3 Å². The molecule has 4 nitrogen and oxygen atoms in total. The number of amides is 1. The minimum absolute atomic E-state index is 0.0158. The molecule has 4 heteroatoms. The summed E-state index contributed by atoms with van der Waals surface area (Å²) in [5, 5.41) is 2.94. The van der Waals surface area contributed by atoms with Crippen molar-refractivity contribution >= 4 is 5.91 Å². The summed E-state index contributed by atoms with van der Waals surface area (Å²) in [4.78, 5) is 13.9. The average Bonchev–Trinajstić information content (AvgIpc) is 2.28. The quantitative estimate of drug-likeness (QED) is 0.586. The molecule has 0 aromatic heterocycles. The van der Waals surface area contributed by atoms with Gasteiger partial charge in [0.05, 0.1) is 0 Å². The SMILES string of the molecule is CCCC(N)CC(=O)NCCCCN(C)C(C)C. The molecule has 1 amide bonds. The van der Waals surface area contributed by atoms with Gasteiger partial charge in [0.15, 0.2) is 0 Å². The zero-order chi connectivity index (χ0) is 14.0. The molecule has 0 saturated carbocycles. The summed E-state index contributed by atoms with van der Waals surface area (Å²) in [5.41, 5.74) is 5.82. The molecule has 0 radical (unpaired) electrons. The number of hydrogen-bond donors (Lipinski definition) is 2. The second-order valence-corrected chi connectivity index (χ2v) is 5.38. The standard InChI is InChI=1S/C14H31N3O/c1-5-8-13(15)11-14(18)16-9-6-7-10-17(4)12(2)3/h12-13H,5-11,15H2,1-4H3,(H,16,18). The van der Waals surface area contributed by atoms with Gasteiger partial charge in [0.2, 0.25) is 5.91 Å². The molecule has 3 N–H and O–H groups in total. The highest BCUT2D eigenvalue weighted by Gasteiger charge is 2.08. The molecule has 108 valence electrons. The van der Waals surface area contributed by atoms with Crippen LogP contribution in [0.3, 0.4) is 0 Å². The smallest absolute Gasteiger partial charge is 0.221 e. The number of rotatable bonds is 10. The molecule has 0 aliphatic rings. The van der Waals surface area contributed by atoms with Crippen molar-refractivity contribution in [1.29, 1.82) is 0 Å². The number of nitrogens with two attached hydrogens (primary N) is 1. The van der Waals surface area contributed by atoms with Crippen molar-refractivity contribution in [3.05, 3.63) is 0 Å². The molecular weight excluding hydrogens is 226 g/mol. The van der Waals surface area contributed by atoms with Gasteiger partial charge in [0, 0.05) is 25.0 Å². The Morgan fingerprint density at radius 1 is 1.33 bits per heavy atom. The van der Waals surface area contributed by atoms with E-state index < -0.39 is 0 Å². The molecule has 0 aromatic carbocycles. The monoisotopic (exact) mass is 257 g/mol. The zero-order valence-corrected chi connectivity index (χ0v) is 12.5. The Balaban J connectivity index is 3.46. The van der Waals surface area contributed by atoms with Gasteiger partial charge in [-0.25, -0.2) is 0 Å². The molecule has 0 aliphatic heterocycles. The van der Waals surface area contributed by atoms with E-state index in [1.165, 1.54) is 0 Å². The fraction of sp³-hybridized carbons (Fsp3) is 0.929. The molecular formula is C14H31N3O. The van der Waals surface area contributed by atoms with Crippen molar-refractivity contribution < 1.29 is 4.79 Å². The van der Waals surface area contributed by atoms with Crippen LogP contribution in [0.2, 0.25) is 0 Å². The Bertz CT molecular complexity index is 219. The summed E-state index contributed by atoms with van der Waals surface area (Å²) < 4.78 is 0. The summed E-state index contributed by atoms with van der Waals surface area (Å²) in [6, 6.07) is 0.605. The fourth-order valence-corrected chi connectivity index (χ4v) is 1.76. The van der Waals surface area contributed by atoms with E-state index in [0.717, 1.165) is 38.8 Å². The van der Waals surface area contributed by atoms with E-state index in [1.54, 1.807) is 0 Å². The number of unbranched alkanes of at least 4 members (excludes halogenated alkanes) is 1. The predicted molar refractivity (Wildman–Crippen MR) is 77.5 cm³/mol. The van der Waals surface area contributed by atoms with E-state index in [2.05, 4.69) is 38.0 Å². The van der Waals surface area contributed by atoms with Gasteiger partial charge in [0.1, 0.15) is 0 Å². The highest BCUT2D eigenvalue weighted by atomic mass is 16.1. The normalized spacial score (nSPS) is 13.1. The second-order valence-electron chi connectivity index (χ2n) is 5.38. The Labute approximate surface area is 112 Å². The van der Waals surface area contributed by atoms with Gasteiger partial charge in [-0.2, -0.15) is 0 Å². The van der Waals surface area contributed by atoms with Crippen LogP contribution in [0.1, 0.15) is 52.9 Å². The maximum Gasteiger partial charge on any atom is 0.221 e. The van der Waals surface area contributed by atoms with Crippen LogP contribution in [0, 0.1) is 0 Å². The van der Waals surface area contributed by atoms with Gasteiger partial charge >= 0.3 is 0 Å². The number of nitrogens with zero attached hydrogens (tertiary/aromatic N) is 1. The van der Waals surface area contributed by atoms with Crippen molar-refractivity contribution in [2.75, 3.05) is 20.1 Å². The van der Waals surface area contributed by atoms with Gasteiger partial charge in [-0.05, 0) is 46.7 Å². The van der Waals surface area contributed by atoms with Crippen molar-refractivity contribution in [1.82, 2.24) is 10.2 Å². The topological polar surface area (TPSA) is 58.4 Å². The first-order valence-electron chi connectivity index (χ1n) is 7.19. The summed E-state index contributed by atoms with van der Waals surface area (Å²) in [6.45, 7) is 8.32. The molecule has 0 aromatic rings. The van der Waals surface area contributed by atoms with E-state index in [4.69, 9.17) is 5.73 Å². The van der Waals surface area contributed by atoms with E-state index in [1.807, 2.05) is 0 Å². The molecule has 18 heavy (non-hydrogen) atoms. The Morgan fingerprint density at radius 2 is 2.00 bits per heavy atom. The van der Waals surface area contributed by atoms with Gasteiger partial charge < -0.3 is 16.0 Å². The Kier molecular flexibility index (Phi) is 9.98.